The minimum atomic E-state index is 0.531. The zero-order chi connectivity index (χ0) is 10.3. The zero-order valence-corrected chi connectivity index (χ0v) is 9.72. The van der Waals surface area contributed by atoms with Crippen LogP contribution in [0, 0.1) is 0 Å². The SMILES string of the molecule is CCCC/C(=C/N(C)C)NC(C)C. The molecular weight excluding hydrogens is 160 g/mol. The highest BCUT2D eigenvalue weighted by Crippen LogP contribution is 2.05. The number of hydrogen-bond donors (Lipinski definition) is 1. The van der Waals surface area contributed by atoms with E-state index in [9.17, 15) is 0 Å². The van der Waals surface area contributed by atoms with Gasteiger partial charge in [0.2, 0.25) is 0 Å². The fourth-order valence-corrected chi connectivity index (χ4v) is 1.22. The molecule has 1 N–H and O–H groups in total. The van der Waals surface area contributed by atoms with Gasteiger partial charge in [-0.25, -0.2) is 0 Å². The molecule has 2 nitrogen and oxygen atoms in total. The smallest absolute Gasteiger partial charge is 0.0270 e. The predicted octanol–water partition coefficient (Wildman–Crippen LogP) is 2.58. The van der Waals surface area contributed by atoms with E-state index in [0.717, 1.165) is 6.42 Å². The number of unbranched alkanes of at least 4 members (excludes halogenated alkanes) is 1. The molecule has 0 aliphatic rings. The van der Waals surface area contributed by atoms with E-state index in [-0.39, 0.29) is 0 Å². The Balaban J connectivity index is 4.02. The highest BCUT2D eigenvalue weighted by atomic mass is 15.1. The fourth-order valence-electron chi connectivity index (χ4n) is 1.22. The van der Waals surface area contributed by atoms with Gasteiger partial charge in [0.05, 0.1) is 0 Å². The van der Waals surface area contributed by atoms with Crippen molar-refractivity contribution in [3.05, 3.63) is 11.9 Å². The van der Waals surface area contributed by atoms with Crippen LogP contribution in [0.25, 0.3) is 0 Å². The molecule has 0 fully saturated rings. The second-order valence-corrected chi connectivity index (χ2v) is 4.02. The van der Waals surface area contributed by atoms with Crippen molar-refractivity contribution in [1.29, 1.82) is 0 Å². The van der Waals surface area contributed by atoms with Crippen molar-refractivity contribution in [2.24, 2.45) is 0 Å². The van der Waals surface area contributed by atoms with Crippen molar-refractivity contribution < 1.29 is 0 Å². The number of allylic oxidation sites excluding steroid dienone is 1. The highest BCUT2D eigenvalue weighted by Gasteiger charge is 1.99. The van der Waals surface area contributed by atoms with Crippen LogP contribution in [0.3, 0.4) is 0 Å². The number of hydrogen-bond acceptors (Lipinski definition) is 2. The lowest BCUT2D eigenvalue weighted by molar-refractivity contribution is 0.530. The van der Waals surface area contributed by atoms with Gasteiger partial charge in [-0.2, -0.15) is 0 Å². The van der Waals surface area contributed by atoms with Crippen molar-refractivity contribution in [2.45, 2.75) is 46.1 Å². The van der Waals surface area contributed by atoms with Crippen LogP contribution in [0.5, 0.6) is 0 Å². The van der Waals surface area contributed by atoms with Gasteiger partial charge in [-0.1, -0.05) is 13.3 Å². The Morgan fingerprint density at radius 3 is 2.38 bits per heavy atom. The first-order chi connectivity index (χ1) is 6.06. The zero-order valence-electron chi connectivity index (χ0n) is 9.72. The molecule has 0 radical (unpaired) electrons. The van der Waals surface area contributed by atoms with Gasteiger partial charge in [0.15, 0.2) is 0 Å². The van der Waals surface area contributed by atoms with Gasteiger partial charge in [0.1, 0.15) is 0 Å². The first-order valence-electron chi connectivity index (χ1n) is 5.20. The topological polar surface area (TPSA) is 15.3 Å². The molecule has 0 unspecified atom stereocenters. The normalized spacial score (nSPS) is 12.0. The van der Waals surface area contributed by atoms with Gasteiger partial charge in [-0.3, -0.25) is 0 Å². The van der Waals surface area contributed by atoms with Crippen LogP contribution < -0.4 is 5.32 Å². The summed E-state index contributed by atoms with van der Waals surface area (Å²) in [5, 5.41) is 3.47. The minimum Gasteiger partial charge on any atom is -0.385 e. The van der Waals surface area contributed by atoms with Crippen LogP contribution >= 0.6 is 0 Å². The monoisotopic (exact) mass is 184 g/mol. The van der Waals surface area contributed by atoms with Gasteiger partial charge in [0, 0.05) is 32.0 Å². The summed E-state index contributed by atoms with van der Waals surface area (Å²) in [6.07, 6.45) is 5.85. The van der Waals surface area contributed by atoms with Crippen LogP contribution in [-0.4, -0.2) is 25.0 Å². The molecule has 0 rings (SSSR count). The lowest BCUT2D eigenvalue weighted by Crippen LogP contribution is -2.23. The van der Waals surface area contributed by atoms with E-state index in [4.69, 9.17) is 0 Å². The Hall–Kier alpha value is -0.660. The third-order valence-corrected chi connectivity index (χ3v) is 1.69. The largest absolute Gasteiger partial charge is 0.385 e. The van der Waals surface area contributed by atoms with Gasteiger partial charge in [-0.05, 0) is 26.7 Å². The molecule has 0 aromatic carbocycles. The van der Waals surface area contributed by atoms with Gasteiger partial charge in [-0.15, -0.1) is 0 Å². The summed E-state index contributed by atoms with van der Waals surface area (Å²) in [4.78, 5) is 2.10. The van der Waals surface area contributed by atoms with E-state index in [1.165, 1.54) is 18.5 Å². The molecule has 0 amide bonds. The second kappa shape index (κ2) is 6.81. The van der Waals surface area contributed by atoms with E-state index >= 15 is 0 Å². The maximum Gasteiger partial charge on any atom is 0.0270 e. The molecule has 78 valence electrons. The minimum absolute atomic E-state index is 0.531. The molecule has 0 saturated carbocycles. The summed E-state index contributed by atoms with van der Waals surface area (Å²) in [6.45, 7) is 6.58. The number of nitrogens with one attached hydrogen (secondary N) is 1. The molecule has 0 aliphatic carbocycles. The van der Waals surface area contributed by atoms with E-state index in [1.54, 1.807) is 0 Å². The van der Waals surface area contributed by atoms with Gasteiger partial charge in [0.25, 0.3) is 0 Å². The van der Waals surface area contributed by atoms with E-state index in [2.05, 4.69) is 51.3 Å². The second-order valence-electron chi connectivity index (χ2n) is 4.02. The van der Waals surface area contributed by atoms with Gasteiger partial charge >= 0.3 is 0 Å². The quantitative estimate of drug-likeness (QED) is 0.682. The fraction of sp³-hybridized carbons (Fsp3) is 0.818. The summed E-state index contributed by atoms with van der Waals surface area (Å²) >= 11 is 0. The van der Waals surface area contributed by atoms with Crippen LogP contribution in [0.1, 0.15) is 40.0 Å². The molecule has 0 aromatic heterocycles. The van der Waals surface area contributed by atoms with E-state index in [0.29, 0.717) is 6.04 Å². The van der Waals surface area contributed by atoms with Crippen molar-refractivity contribution in [2.75, 3.05) is 14.1 Å². The first-order valence-corrected chi connectivity index (χ1v) is 5.20. The van der Waals surface area contributed by atoms with Crippen LogP contribution in [0.2, 0.25) is 0 Å². The summed E-state index contributed by atoms with van der Waals surface area (Å²) in [6, 6.07) is 0.531. The summed E-state index contributed by atoms with van der Waals surface area (Å²) in [5.41, 5.74) is 1.35. The maximum atomic E-state index is 3.47. The van der Waals surface area contributed by atoms with Crippen molar-refractivity contribution >= 4 is 0 Å². The number of nitrogens with zero attached hydrogens (tertiary/aromatic N) is 1. The van der Waals surface area contributed by atoms with Gasteiger partial charge < -0.3 is 10.2 Å². The molecule has 2 heteroatoms. The average molecular weight is 184 g/mol. The molecule has 0 atom stereocenters. The Kier molecular flexibility index (Phi) is 6.47. The van der Waals surface area contributed by atoms with Crippen molar-refractivity contribution in [3.8, 4) is 0 Å². The lowest BCUT2D eigenvalue weighted by atomic mass is 10.2. The van der Waals surface area contributed by atoms with E-state index in [1.807, 2.05) is 0 Å². The molecule has 0 saturated heterocycles. The Morgan fingerprint density at radius 1 is 1.38 bits per heavy atom. The standard InChI is InChI=1S/C11H24N2/c1-6-7-8-11(9-13(4)5)12-10(2)3/h9-10,12H,6-8H2,1-5H3/b11-9-. The van der Waals surface area contributed by atoms with Crippen molar-refractivity contribution in [3.63, 3.8) is 0 Å². The lowest BCUT2D eigenvalue weighted by Gasteiger charge is -2.16. The van der Waals surface area contributed by atoms with Crippen LogP contribution in [0.4, 0.5) is 0 Å². The Morgan fingerprint density at radius 2 is 2.00 bits per heavy atom. The highest BCUT2D eigenvalue weighted by molar-refractivity contribution is 4.99. The van der Waals surface area contributed by atoms with Crippen LogP contribution in [-0.2, 0) is 0 Å². The summed E-state index contributed by atoms with van der Waals surface area (Å²) in [5.74, 6) is 0. The summed E-state index contributed by atoms with van der Waals surface area (Å²) < 4.78 is 0. The molecule has 0 bridgehead atoms. The first kappa shape index (κ1) is 12.3. The molecule has 13 heavy (non-hydrogen) atoms. The van der Waals surface area contributed by atoms with Crippen molar-refractivity contribution in [1.82, 2.24) is 10.2 Å². The molecule has 0 heterocycles. The van der Waals surface area contributed by atoms with E-state index < -0.39 is 0 Å². The average Bonchev–Trinajstić information content (AvgIpc) is 1.98. The molecule has 0 spiro atoms. The Bertz CT molecular complexity index is 148. The third-order valence-electron chi connectivity index (χ3n) is 1.69. The predicted molar refractivity (Wildman–Crippen MR) is 59.6 cm³/mol. The third kappa shape index (κ3) is 7.69. The molecular formula is C11H24N2. The summed E-state index contributed by atoms with van der Waals surface area (Å²) in [7, 11) is 4.13. The number of rotatable bonds is 6. The molecule has 0 aromatic rings. The van der Waals surface area contributed by atoms with Crippen LogP contribution in [0.15, 0.2) is 11.9 Å². The molecule has 0 aliphatic heterocycles. The Labute approximate surface area is 83.0 Å². The maximum absolute atomic E-state index is 3.47.